The third kappa shape index (κ3) is 5.51. The van der Waals surface area contributed by atoms with Gasteiger partial charge in [0.1, 0.15) is 20.2 Å². The van der Waals surface area contributed by atoms with E-state index in [0.717, 1.165) is 25.2 Å². The summed E-state index contributed by atoms with van der Waals surface area (Å²) in [5.41, 5.74) is 7.39. The number of hydrogen-bond acceptors (Lipinski definition) is 6. The highest BCUT2D eigenvalue weighted by Gasteiger charge is 2.12. The van der Waals surface area contributed by atoms with Crippen LogP contribution in [0.5, 0.6) is 0 Å². The summed E-state index contributed by atoms with van der Waals surface area (Å²) < 4.78 is 66.1. The summed E-state index contributed by atoms with van der Waals surface area (Å²) in [6.45, 7) is 2.13. The third-order valence-electron chi connectivity index (χ3n) is 3.13. The van der Waals surface area contributed by atoms with E-state index >= 15 is 0 Å². The van der Waals surface area contributed by atoms with Crippen LogP contribution in [0.4, 0.5) is 0 Å². The van der Waals surface area contributed by atoms with Crippen LogP contribution < -0.4 is 11.5 Å². The monoisotopic (exact) mass is 376 g/mol. The maximum atomic E-state index is 11.0. The standard InChI is InChI=1S/C10H8O6S2.C4H12N2/c11-17(12,13)9-5-1-3-7-8(9)4-2-6-10(7)18(14,15)16;5-3-1-2-4-6/h1-6H,(H,11,12,13)(H,14,15,16);1-6H2. The Morgan fingerprint density at radius 3 is 1.29 bits per heavy atom. The summed E-state index contributed by atoms with van der Waals surface area (Å²) in [5.74, 6) is 0. The summed E-state index contributed by atoms with van der Waals surface area (Å²) in [6.07, 6.45) is 2.48. The molecule has 0 radical (unpaired) electrons. The fourth-order valence-electron chi connectivity index (χ4n) is 2.04. The molecule has 0 aliphatic heterocycles. The summed E-state index contributed by atoms with van der Waals surface area (Å²) in [6, 6.07) is 7.09. The van der Waals surface area contributed by atoms with Crippen LogP contribution in [0.1, 0.15) is 12.8 Å². The summed E-state index contributed by atoms with van der Waals surface area (Å²) in [7, 11) is -9.48. The van der Waals surface area contributed by atoms with Crippen molar-refractivity contribution in [1.82, 2.24) is 0 Å². The van der Waals surface area contributed by atoms with Crippen molar-refractivity contribution < 1.29 is 37.4 Å². The van der Waals surface area contributed by atoms with E-state index in [2.05, 4.69) is 11.5 Å². The Bertz CT molecular complexity index is 819. The molecule has 0 saturated heterocycles. The van der Waals surface area contributed by atoms with Gasteiger partial charge in [0.25, 0.3) is 0 Å². The highest BCUT2D eigenvalue weighted by molar-refractivity contribution is 7.86. The second-order valence-electron chi connectivity index (χ2n) is 4.93. The van der Waals surface area contributed by atoms with Crippen LogP contribution in [0, 0.1) is 0 Å². The van der Waals surface area contributed by atoms with Crippen LogP contribution in [-0.2, 0) is 20.2 Å². The van der Waals surface area contributed by atoms with Crippen molar-refractivity contribution in [3.63, 3.8) is 0 Å². The van der Waals surface area contributed by atoms with Gasteiger partial charge >= 0.3 is 0 Å². The maximum absolute atomic E-state index is 11.0. The maximum Gasteiger partial charge on any atom is 0.125 e. The second kappa shape index (κ2) is 8.51. The van der Waals surface area contributed by atoms with Crippen LogP contribution in [0.15, 0.2) is 46.2 Å². The minimum atomic E-state index is -4.74. The van der Waals surface area contributed by atoms with Gasteiger partial charge in [-0.15, -0.1) is 0 Å². The molecular formula is C14H20N2O6S2. The Morgan fingerprint density at radius 1 is 0.708 bits per heavy atom. The van der Waals surface area contributed by atoms with Crippen molar-refractivity contribution in [1.29, 1.82) is 0 Å². The second-order valence-corrected chi connectivity index (χ2v) is 7.63. The average molecular weight is 376 g/mol. The highest BCUT2D eigenvalue weighted by Crippen LogP contribution is 2.27. The molecule has 10 heteroatoms. The van der Waals surface area contributed by atoms with Gasteiger partial charge in [0, 0.05) is 23.6 Å². The molecule has 0 aliphatic rings. The molecule has 0 bridgehead atoms. The first-order valence-corrected chi connectivity index (χ1v) is 9.96. The van der Waals surface area contributed by atoms with Crippen molar-refractivity contribution in [2.45, 2.75) is 22.6 Å². The molecule has 6 N–H and O–H groups in total. The number of hydrogen-bond donors (Lipinski definition) is 2. The molecule has 2 aromatic carbocycles. The smallest absolute Gasteiger partial charge is 0.125 e. The van der Waals surface area contributed by atoms with E-state index in [1.807, 2.05) is 0 Å². The summed E-state index contributed by atoms with van der Waals surface area (Å²) in [5, 5.41) is -0.158. The van der Waals surface area contributed by atoms with Gasteiger partial charge < -0.3 is 20.6 Å². The number of rotatable bonds is 5. The molecule has 0 fully saturated rings. The SMILES string of the molecule is O=S(=O)([O-])c1cccc2c(S(=O)(=O)[O-])cccc12.[NH3+]CCCC[NH3+]. The molecule has 134 valence electrons. The van der Waals surface area contributed by atoms with E-state index in [9.17, 15) is 25.9 Å². The molecule has 0 saturated carbocycles. The number of benzene rings is 2. The predicted octanol–water partition coefficient (Wildman–Crippen LogP) is -1.10. The van der Waals surface area contributed by atoms with Crippen LogP contribution in [0.2, 0.25) is 0 Å². The lowest BCUT2D eigenvalue weighted by Crippen LogP contribution is -2.53. The fraction of sp³-hybridized carbons (Fsp3) is 0.286. The van der Waals surface area contributed by atoms with E-state index in [1.165, 1.54) is 37.1 Å². The van der Waals surface area contributed by atoms with Crippen LogP contribution in [0.25, 0.3) is 10.8 Å². The number of unbranched alkanes of at least 4 members (excludes halogenated alkanes) is 1. The van der Waals surface area contributed by atoms with Crippen molar-refractivity contribution in [2.75, 3.05) is 13.1 Å². The van der Waals surface area contributed by atoms with E-state index in [0.29, 0.717) is 0 Å². The van der Waals surface area contributed by atoms with Gasteiger partial charge in [0.05, 0.1) is 22.9 Å². The van der Waals surface area contributed by atoms with Gasteiger partial charge in [-0.1, -0.05) is 24.3 Å². The van der Waals surface area contributed by atoms with Gasteiger partial charge in [0.2, 0.25) is 0 Å². The topological polar surface area (TPSA) is 170 Å². The Balaban J connectivity index is 0.000000413. The Hall–Kier alpha value is -1.56. The quantitative estimate of drug-likeness (QED) is 0.495. The van der Waals surface area contributed by atoms with E-state index in [4.69, 9.17) is 0 Å². The molecule has 0 unspecified atom stereocenters. The molecule has 8 nitrogen and oxygen atoms in total. The minimum absolute atomic E-state index is 0.0792. The van der Waals surface area contributed by atoms with Crippen molar-refractivity contribution >= 4 is 31.0 Å². The van der Waals surface area contributed by atoms with Crippen LogP contribution in [-0.4, -0.2) is 39.0 Å². The zero-order valence-corrected chi connectivity index (χ0v) is 14.6. The minimum Gasteiger partial charge on any atom is -0.744 e. The van der Waals surface area contributed by atoms with Gasteiger partial charge in [-0.25, -0.2) is 16.8 Å². The molecule has 0 heterocycles. The van der Waals surface area contributed by atoms with Gasteiger partial charge in [0.15, 0.2) is 0 Å². The van der Waals surface area contributed by atoms with Crippen molar-refractivity contribution in [3.8, 4) is 0 Å². The normalized spacial score (nSPS) is 11.8. The van der Waals surface area contributed by atoms with Crippen molar-refractivity contribution in [3.05, 3.63) is 36.4 Å². The summed E-state index contributed by atoms with van der Waals surface area (Å²) >= 11 is 0. The first-order chi connectivity index (χ1) is 11.1. The first-order valence-electron chi connectivity index (χ1n) is 7.15. The molecular weight excluding hydrogens is 356 g/mol. The largest absolute Gasteiger partial charge is 0.744 e. The van der Waals surface area contributed by atoms with Crippen LogP contribution in [0.3, 0.4) is 0 Å². The predicted molar refractivity (Wildman–Crippen MR) is 84.6 cm³/mol. The molecule has 0 spiro atoms. The number of fused-ring (bicyclic) bond motifs is 1. The van der Waals surface area contributed by atoms with Crippen LogP contribution >= 0.6 is 0 Å². The Morgan fingerprint density at radius 2 is 1.04 bits per heavy atom. The molecule has 2 rings (SSSR count). The fourth-order valence-corrected chi connectivity index (χ4v) is 3.43. The molecule has 24 heavy (non-hydrogen) atoms. The zero-order chi connectivity index (χ0) is 18.4. The van der Waals surface area contributed by atoms with Gasteiger partial charge in [-0.3, -0.25) is 0 Å². The van der Waals surface area contributed by atoms with E-state index < -0.39 is 30.0 Å². The zero-order valence-electron chi connectivity index (χ0n) is 13.0. The molecule has 0 amide bonds. The lowest BCUT2D eigenvalue weighted by Gasteiger charge is -2.14. The number of quaternary nitrogens is 2. The van der Waals surface area contributed by atoms with Gasteiger partial charge in [-0.2, -0.15) is 0 Å². The van der Waals surface area contributed by atoms with Gasteiger partial charge in [-0.05, 0) is 12.1 Å². The van der Waals surface area contributed by atoms with Crippen molar-refractivity contribution in [2.24, 2.45) is 0 Å². The van der Waals surface area contributed by atoms with E-state index in [1.54, 1.807) is 0 Å². The first kappa shape index (κ1) is 20.5. The van der Waals surface area contributed by atoms with E-state index in [-0.39, 0.29) is 10.8 Å². The highest BCUT2D eigenvalue weighted by atomic mass is 32.2. The Labute approximate surface area is 141 Å². The lowest BCUT2D eigenvalue weighted by molar-refractivity contribution is -0.384. The molecule has 0 aromatic heterocycles. The average Bonchev–Trinajstić information content (AvgIpc) is 2.50. The third-order valence-corrected chi connectivity index (χ3v) is 4.92. The molecule has 2 aromatic rings. The summed E-state index contributed by atoms with van der Waals surface area (Å²) in [4.78, 5) is -1.10. The molecule has 0 atom stereocenters. The lowest BCUT2D eigenvalue weighted by atomic mass is 10.1. The Kier molecular flexibility index (Phi) is 7.27. The molecule has 0 aliphatic carbocycles.